The van der Waals surface area contributed by atoms with Crippen molar-refractivity contribution >= 4 is 38.5 Å². The number of hydrogen-bond acceptors (Lipinski definition) is 7. The predicted molar refractivity (Wildman–Crippen MR) is 107 cm³/mol. The molecule has 8 heteroatoms. The monoisotopic (exact) mass is 373 g/mol. The van der Waals surface area contributed by atoms with Crippen molar-refractivity contribution in [3.8, 4) is 11.4 Å². The van der Waals surface area contributed by atoms with Crippen LogP contribution in [-0.2, 0) is 6.42 Å². The maximum atomic E-state index is 4.86. The molecule has 5 rings (SSSR count). The lowest BCUT2D eigenvalue weighted by molar-refractivity contribution is 0.998. The molecule has 5 aromatic rings. The first-order chi connectivity index (χ1) is 13.4. The van der Waals surface area contributed by atoms with Gasteiger partial charge in [-0.3, -0.25) is 4.98 Å². The molecule has 0 spiro atoms. The fraction of sp³-hybridized carbons (Fsp3) is 0.105. The van der Waals surface area contributed by atoms with Gasteiger partial charge in [0.1, 0.15) is 16.7 Å². The van der Waals surface area contributed by atoms with Crippen molar-refractivity contribution in [2.24, 2.45) is 0 Å². The van der Waals surface area contributed by atoms with Crippen molar-refractivity contribution in [2.75, 3.05) is 11.9 Å². The molecule has 0 radical (unpaired) electrons. The molecule has 0 aliphatic carbocycles. The summed E-state index contributed by atoms with van der Waals surface area (Å²) >= 11 is 1.64. The summed E-state index contributed by atoms with van der Waals surface area (Å²) < 4.78 is 0. The molecule has 0 unspecified atom stereocenters. The Kier molecular flexibility index (Phi) is 3.95. The summed E-state index contributed by atoms with van der Waals surface area (Å²) in [5, 5.41) is 6.59. The lowest BCUT2D eigenvalue weighted by Crippen LogP contribution is -2.08. The minimum Gasteiger partial charge on any atom is -0.368 e. The van der Waals surface area contributed by atoms with Gasteiger partial charge in [0, 0.05) is 18.1 Å². The van der Waals surface area contributed by atoms with Gasteiger partial charge in [0.2, 0.25) is 0 Å². The van der Waals surface area contributed by atoms with Gasteiger partial charge in [-0.1, -0.05) is 6.07 Å². The third-order valence-electron chi connectivity index (χ3n) is 4.33. The SMILES string of the molecule is c1ccc(-c2nc3sccc3cc2CCNc2ncnc3[nH]cnc23)nc1. The fourth-order valence-electron chi connectivity index (χ4n) is 3.07. The van der Waals surface area contributed by atoms with Crippen molar-refractivity contribution in [1.82, 2.24) is 29.9 Å². The molecule has 0 saturated heterocycles. The Balaban J connectivity index is 1.45. The number of H-pyrrole nitrogens is 1. The molecule has 132 valence electrons. The number of rotatable bonds is 5. The van der Waals surface area contributed by atoms with Crippen molar-refractivity contribution in [2.45, 2.75) is 6.42 Å². The average Bonchev–Trinajstić information content (AvgIpc) is 3.37. The molecular weight excluding hydrogens is 358 g/mol. The Morgan fingerprint density at radius 1 is 1.07 bits per heavy atom. The Morgan fingerprint density at radius 2 is 2.07 bits per heavy atom. The molecule has 2 N–H and O–H groups in total. The first kappa shape index (κ1) is 15.8. The molecule has 0 atom stereocenters. The second-order valence-corrected chi connectivity index (χ2v) is 6.92. The van der Waals surface area contributed by atoms with E-state index in [9.17, 15) is 0 Å². The number of anilines is 1. The quantitative estimate of drug-likeness (QED) is 0.488. The van der Waals surface area contributed by atoms with Gasteiger partial charge in [0.15, 0.2) is 11.5 Å². The van der Waals surface area contributed by atoms with Crippen LogP contribution in [-0.4, -0.2) is 36.4 Å². The topological polar surface area (TPSA) is 92.3 Å². The zero-order chi connectivity index (χ0) is 18.1. The van der Waals surface area contributed by atoms with Gasteiger partial charge in [-0.2, -0.15) is 0 Å². The summed E-state index contributed by atoms with van der Waals surface area (Å²) in [4.78, 5) is 26.1. The van der Waals surface area contributed by atoms with Crippen LogP contribution in [0.25, 0.3) is 32.8 Å². The van der Waals surface area contributed by atoms with Crippen LogP contribution in [0.4, 0.5) is 5.82 Å². The minimum absolute atomic E-state index is 0.704. The molecule has 0 aliphatic rings. The second-order valence-electron chi connectivity index (χ2n) is 6.02. The third-order valence-corrected chi connectivity index (χ3v) is 5.16. The van der Waals surface area contributed by atoms with Gasteiger partial charge in [-0.05, 0) is 41.6 Å². The normalized spacial score (nSPS) is 11.3. The molecule has 0 saturated carbocycles. The van der Waals surface area contributed by atoms with Gasteiger partial charge in [0.25, 0.3) is 0 Å². The van der Waals surface area contributed by atoms with Crippen LogP contribution < -0.4 is 5.32 Å². The summed E-state index contributed by atoms with van der Waals surface area (Å²) in [6, 6.07) is 10.2. The van der Waals surface area contributed by atoms with Crippen molar-refractivity contribution in [1.29, 1.82) is 0 Å². The summed E-state index contributed by atoms with van der Waals surface area (Å²) in [5.74, 6) is 0.727. The van der Waals surface area contributed by atoms with Crippen LogP contribution in [0.15, 0.2) is 54.6 Å². The number of aromatic amines is 1. The standard InChI is InChI=1S/C19H15N7S/c1-2-6-20-14(3-1)15-12(9-13-5-8-27-19(13)26-15)4-7-21-17-16-18(23-10-22-16)25-11-24-17/h1-3,5-6,8-11H,4,7H2,(H2,21,22,23,24,25). The van der Waals surface area contributed by atoms with Crippen LogP contribution in [0.1, 0.15) is 5.56 Å². The molecule has 0 amide bonds. The number of imidazole rings is 1. The smallest absolute Gasteiger partial charge is 0.162 e. The van der Waals surface area contributed by atoms with Gasteiger partial charge in [0.05, 0.1) is 17.7 Å². The van der Waals surface area contributed by atoms with Gasteiger partial charge in [-0.25, -0.2) is 19.9 Å². The van der Waals surface area contributed by atoms with Crippen LogP contribution in [0, 0.1) is 0 Å². The number of nitrogens with one attached hydrogen (secondary N) is 2. The van der Waals surface area contributed by atoms with E-state index in [-0.39, 0.29) is 0 Å². The van der Waals surface area contributed by atoms with E-state index in [0.717, 1.165) is 50.6 Å². The first-order valence-electron chi connectivity index (χ1n) is 8.55. The molecule has 5 heterocycles. The van der Waals surface area contributed by atoms with Crippen LogP contribution in [0.5, 0.6) is 0 Å². The average molecular weight is 373 g/mol. The largest absolute Gasteiger partial charge is 0.368 e. The lowest BCUT2D eigenvalue weighted by Gasteiger charge is -2.10. The molecule has 7 nitrogen and oxygen atoms in total. The number of thiophene rings is 1. The van der Waals surface area contributed by atoms with E-state index in [2.05, 4.69) is 47.7 Å². The van der Waals surface area contributed by atoms with E-state index < -0.39 is 0 Å². The maximum absolute atomic E-state index is 4.86. The predicted octanol–water partition coefficient (Wildman–Crippen LogP) is 3.68. The molecular formula is C19H15N7S. The number of nitrogens with zero attached hydrogens (tertiary/aromatic N) is 5. The van der Waals surface area contributed by atoms with E-state index in [1.165, 1.54) is 6.33 Å². The van der Waals surface area contributed by atoms with Crippen LogP contribution >= 0.6 is 11.3 Å². The molecule has 27 heavy (non-hydrogen) atoms. The first-order valence-corrected chi connectivity index (χ1v) is 9.43. The van der Waals surface area contributed by atoms with Crippen LogP contribution in [0.3, 0.4) is 0 Å². The number of hydrogen-bond donors (Lipinski definition) is 2. The highest BCUT2D eigenvalue weighted by molar-refractivity contribution is 7.16. The van der Waals surface area contributed by atoms with E-state index in [4.69, 9.17) is 4.98 Å². The summed E-state index contributed by atoms with van der Waals surface area (Å²) in [6.45, 7) is 0.704. The minimum atomic E-state index is 0.704. The Bertz CT molecular complexity index is 1210. The zero-order valence-electron chi connectivity index (χ0n) is 14.3. The number of pyridine rings is 2. The van der Waals surface area contributed by atoms with E-state index in [1.807, 2.05) is 18.2 Å². The van der Waals surface area contributed by atoms with Crippen molar-refractivity contribution in [3.05, 3.63) is 60.1 Å². The van der Waals surface area contributed by atoms with Crippen LogP contribution in [0.2, 0.25) is 0 Å². The highest BCUT2D eigenvalue weighted by Crippen LogP contribution is 2.27. The Hall–Kier alpha value is -3.39. The van der Waals surface area contributed by atoms with Gasteiger partial charge >= 0.3 is 0 Å². The van der Waals surface area contributed by atoms with E-state index >= 15 is 0 Å². The Labute approximate surface area is 158 Å². The summed E-state index contributed by atoms with van der Waals surface area (Å²) in [5.41, 5.74) is 4.44. The van der Waals surface area contributed by atoms with E-state index in [1.54, 1.807) is 23.9 Å². The molecule has 0 bridgehead atoms. The number of aromatic nitrogens is 6. The lowest BCUT2D eigenvalue weighted by atomic mass is 10.1. The zero-order valence-corrected chi connectivity index (χ0v) is 15.1. The highest BCUT2D eigenvalue weighted by atomic mass is 32.1. The van der Waals surface area contributed by atoms with Gasteiger partial charge < -0.3 is 10.3 Å². The number of fused-ring (bicyclic) bond motifs is 2. The maximum Gasteiger partial charge on any atom is 0.162 e. The summed E-state index contributed by atoms with van der Waals surface area (Å²) in [7, 11) is 0. The fourth-order valence-corrected chi connectivity index (χ4v) is 3.82. The second kappa shape index (κ2) is 6.73. The van der Waals surface area contributed by atoms with Crippen molar-refractivity contribution in [3.63, 3.8) is 0 Å². The van der Waals surface area contributed by atoms with E-state index in [0.29, 0.717) is 6.54 Å². The van der Waals surface area contributed by atoms with Gasteiger partial charge in [-0.15, -0.1) is 11.3 Å². The Morgan fingerprint density at radius 3 is 3.00 bits per heavy atom. The molecule has 0 aliphatic heterocycles. The van der Waals surface area contributed by atoms with Crippen molar-refractivity contribution < 1.29 is 0 Å². The highest BCUT2D eigenvalue weighted by Gasteiger charge is 2.12. The molecule has 0 aromatic carbocycles. The molecule has 5 aromatic heterocycles. The molecule has 0 fully saturated rings. The summed E-state index contributed by atoms with van der Waals surface area (Å²) in [6.07, 6.45) is 5.74. The third kappa shape index (κ3) is 3.00.